The third kappa shape index (κ3) is 6.09. The minimum Gasteiger partial charge on any atom is -0.355 e. The molecule has 9 heteroatoms. The van der Waals surface area contributed by atoms with Crippen molar-refractivity contribution in [2.24, 2.45) is 4.99 Å². The lowest BCUT2D eigenvalue weighted by molar-refractivity contribution is 0.0992. The highest BCUT2D eigenvalue weighted by atomic mass is 35.5. The quantitative estimate of drug-likeness (QED) is 0.441. The van der Waals surface area contributed by atoms with Crippen molar-refractivity contribution in [1.82, 2.24) is 15.6 Å². The second-order valence-corrected chi connectivity index (χ2v) is 8.30. The van der Waals surface area contributed by atoms with E-state index in [4.69, 9.17) is 23.2 Å². The maximum absolute atomic E-state index is 12.9. The van der Waals surface area contributed by atoms with Crippen molar-refractivity contribution in [2.75, 3.05) is 18.4 Å². The van der Waals surface area contributed by atoms with Crippen molar-refractivity contribution >= 4 is 46.7 Å². The topological polar surface area (TPSA) is 95.5 Å². The van der Waals surface area contributed by atoms with Gasteiger partial charge in [-0.25, -0.2) is 4.98 Å². The molecular formula is C24H21Cl2N5O2. The van der Waals surface area contributed by atoms with Gasteiger partial charge in [-0.3, -0.25) is 14.6 Å². The number of carbonyl (C=O) groups is 2. The van der Waals surface area contributed by atoms with Crippen LogP contribution >= 0.6 is 23.2 Å². The average Bonchev–Trinajstić information content (AvgIpc) is 3.34. The van der Waals surface area contributed by atoms with E-state index in [2.05, 4.69) is 25.9 Å². The largest absolute Gasteiger partial charge is 0.355 e. The fourth-order valence-electron chi connectivity index (χ4n) is 3.33. The first-order chi connectivity index (χ1) is 16.0. The van der Waals surface area contributed by atoms with Gasteiger partial charge in [-0.05, 0) is 35.4 Å². The van der Waals surface area contributed by atoms with Gasteiger partial charge in [-0.15, -0.1) is 0 Å². The fraction of sp³-hybridized carbons (Fsp3) is 0.167. The van der Waals surface area contributed by atoms with E-state index in [9.17, 15) is 9.59 Å². The number of anilines is 1. The summed E-state index contributed by atoms with van der Waals surface area (Å²) in [5, 5.41) is 9.95. The van der Waals surface area contributed by atoms with E-state index in [-0.39, 0.29) is 12.2 Å². The number of amides is 1. The number of aliphatic imine (C=N–C) groups is 1. The molecule has 0 saturated carbocycles. The van der Waals surface area contributed by atoms with Crippen molar-refractivity contribution < 1.29 is 9.59 Å². The summed E-state index contributed by atoms with van der Waals surface area (Å²) in [5.41, 5.74) is 2.49. The number of nitrogens with zero attached hydrogens (tertiary/aromatic N) is 2. The van der Waals surface area contributed by atoms with Gasteiger partial charge in [0.25, 0.3) is 5.91 Å². The lowest BCUT2D eigenvalue weighted by Gasteiger charge is -2.11. The third-order valence-corrected chi connectivity index (χ3v) is 5.51. The molecule has 0 spiro atoms. The number of halogens is 2. The summed E-state index contributed by atoms with van der Waals surface area (Å²) < 4.78 is 0. The smallest absolute Gasteiger partial charge is 0.257 e. The highest BCUT2D eigenvalue weighted by molar-refractivity contribution is 6.31. The summed E-state index contributed by atoms with van der Waals surface area (Å²) in [6.07, 6.45) is 1.50. The number of hydrogen-bond donors (Lipinski definition) is 3. The van der Waals surface area contributed by atoms with Crippen molar-refractivity contribution in [3.05, 3.63) is 93.1 Å². The van der Waals surface area contributed by atoms with Crippen LogP contribution in [-0.4, -0.2) is 35.7 Å². The summed E-state index contributed by atoms with van der Waals surface area (Å²) in [6.45, 7) is 2.23. The van der Waals surface area contributed by atoms with Gasteiger partial charge in [0.2, 0.25) is 0 Å². The zero-order valence-corrected chi connectivity index (χ0v) is 19.1. The van der Waals surface area contributed by atoms with Crippen LogP contribution in [0.25, 0.3) is 0 Å². The first-order valence-electron chi connectivity index (χ1n) is 10.3. The molecule has 7 nitrogen and oxygen atoms in total. The molecule has 0 bridgehead atoms. The monoisotopic (exact) mass is 481 g/mol. The van der Waals surface area contributed by atoms with Crippen LogP contribution in [0.5, 0.6) is 0 Å². The Balaban J connectivity index is 1.44. The molecular weight excluding hydrogens is 461 g/mol. The van der Waals surface area contributed by atoms with Crippen LogP contribution in [0.3, 0.4) is 0 Å². The standard InChI is InChI=1S/C24H21Cl2N5O2/c25-18-6-5-17(20(12-18)23(33)31-22-8-7-19(26)14-29-22)11-21(32)16-3-1-15(2-4-16)13-30-24-27-9-10-28-24/h1-8,12,14H,9-11,13H2,(H2,27,28,30)(H,29,31,33). The van der Waals surface area contributed by atoms with Crippen LogP contribution in [0.4, 0.5) is 5.82 Å². The Kier molecular flexibility index (Phi) is 7.22. The maximum atomic E-state index is 12.9. The number of benzene rings is 2. The van der Waals surface area contributed by atoms with E-state index in [1.54, 1.807) is 42.5 Å². The summed E-state index contributed by atoms with van der Waals surface area (Å²) in [5.74, 6) is 0.638. The van der Waals surface area contributed by atoms with Gasteiger partial charge in [0.05, 0.1) is 11.6 Å². The van der Waals surface area contributed by atoms with Gasteiger partial charge in [0.15, 0.2) is 11.7 Å². The van der Waals surface area contributed by atoms with Crippen molar-refractivity contribution in [3.8, 4) is 0 Å². The summed E-state index contributed by atoms with van der Waals surface area (Å²) in [4.78, 5) is 34.1. The lowest BCUT2D eigenvalue weighted by Crippen LogP contribution is -2.33. The number of rotatable bonds is 7. The van der Waals surface area contributed by atoms with E-state index < -0.39 is 5.91 Å². The molecule has 33 heavy (non-hydrogen) atoms. The van der Waals surface area contributed by atoms with Crippen LogP contribution < -0.4 is 16.0 Å². The Morgan fingerprint density at radius 2 is 1.79 bits per heavy atom. The van der Waals surface area contributed by atoms with Crippen molar-refractivity contribution in [3.63, 3.8) is 0 Å². The summed E-state index contributed by atoms with van der Waals surface area (Å²) >= 11 is 12.0. The predicted molar refractivity (Wildman–Crippen MR) is 130 cm³/mol. The van der Waals surface area contributed by atoms with Gasteiger partial charge < -0.3 is 16.0 Å². The molecule has 2 heterocycles. The third-order valence-electron chi connectivity index (χ3n) is 5.05. The maximum Gasteiger partial charge on any atom is 0.257 e. The molecule has 0 saturated heterocycles. The number of carbonyl (C=O) groups excluding carboxylic acids is 2. The number of nitrogens with one attached hydrogen (secondary N) is 3. The highest BCUT2D eigenvalue weighted by Crippen LogP contribution is 2.20. The van der Waals surface area contributed by atoms with Crippen LogP contribution in [-0.2, 0) is 13.0 Å². The Labute approximate surface area is 201 Å². The van der Waals surface area contributed by atoms with Crippen molar-refractivity contribution in [2.45, 2.75) is 13.0 Å². The zero-order valence-electron chi connectivity index (χ0n) is 17.6. The molecule has 0 unspecified atom stereocenters. The number of Topliss-reactive ketones (excluding diaryl/α,β-unsaturated/α-hetero) is 1. The van der Waals surface area contributed by atoms with Crippen LogP contribution in [0.15, 0.2) is 65.8 Å². The molecule has 3 N–H and O–H groups in total. The Morgan fingerprint density at radius 1 is 1.00 bits per heavy atom. The lowest BCUT2D eigenvalue weighted by atomic mass is 9.97. The minimum atomic E-state index is -0.403. The highest BCUT2D eigenvalue weighted by Gasteiger charge is 2.17. The van der Waals surface area contributed by atoms with Gasteiger partial charge in [-0.2, -0.15) is 0 Å². The van der Waals surface area contributed by atoms with Crippen molar-refractivity contribution in [1.29, 1.82) is 0 Å². The minimum absolute atomic E-state index is 0.0618. The van der Waals surface area contributed by atoms with Gasteiger partial charge in [0, 0.05) is 41.9 Å². The summed E-state index contributed by atoms with van der Waals surface area (Å²) in [7, 11) is 0. The molecule has 168 valence electrons. The van der Waals surface area contributed by atoms with E-state index in [1.807, 2.05) is 12.1 Å². The molecule has 1 amide bonds. The Bertz CT molecular complexity index is 1190. The second kappa shape index (κ2) is 10.5. The molecule has 0 atom stereocenters. The van der Waals surface area contributed by atoms with Gasteiger partial charge in [-0.1, -0.05) is 53.5 Å². The Hall–Kier alpha value is -3.42. The first-order valence-corrected chi connectivity index (χ1v) is 11.1. The van der Waals surface area contributed by atoms with E-state index in [0.29, 0.717) is 39.1 Å². The van der Waals surface area contributed by atoms with E-state index in [1.165, 1.54) is 6.20 Å². The molecule has 1 aliphatic heterocycles. The number of pyridine rings is 1. The normalized spacial score (nSPS) is 12.6. The molecule has 0 fully saturated rings. The van der Waals surface area contributed by atoms with Crippen LogP contribution in [0.1, 0.15) is 31.8 Å². The molecule has 1 aliphatic rings. The number of aromatic nitrogens is 1. The average molecular weight is 482 g/mol. The van der Waals surface area contributed by atoms with Gasteiger partial charge >= 0.3 is 0 Å². The number of guanidine groups is 1. The summed E-state index contributed by atoms with van der Waals surface area (Å²) in [6, 6.07) is 15.5. The molecule has 3 aromatic rings. The molecule has 2 aromatic carbocycles. The second-order valence-electron chi connectivity index (χ2n) is 7.42. The van der Waals surface area contributed by atoms with Gasteiger partial charge in [0.1, 0.15) is 5.82 Å². The van der Waals surface area contributed by atoms with Crippen LogP contribution in [0.2, 0.25) is 10.0 Å². The first kappa shape index (κ1) is 22.8. The molecule has 0 aliphatic carbocycles. The predicted octanol–water partition coefficient (Wildman–Crippen LogP) is 4.11. The van der Waals surface area contributed by atoms with Crippen LogP contribution in [0, 0.1) is 0 Å². The molecule has 0 radical (unpaired) electrons. The fourth-order valence-corrected chi connectivity index (χ4v) is 3.62. The zero-order chi connectivity index (χ0) is 23.2. The van der Waals surface area contributed by atoms with E-state index >= 15 is 0 Å². The number of hydrogen-bond acceptors (Lipinski definition) is 6. The number of ketones is 1. The molecule has 1 aromatic heterocycles. The molecule has 4 rings (SSSR count). The van der Waals surface area contributed by atoms with E-state index in [0.717, 1.165) is 24.6 Å². The Morgan fingerprint density at radius 3 is 2.48 bits per heavy atom. The SMILES string of the molecule is O=C(Cc1ccc(Cl)cc1C(=O)Nc1ccc(Cl)cn1)c1ccc(CNC2=NCCN2)cc1.